The predicted molar refractivity (Wildman–Crippen MR) is 65.7 cm³/mol. The minimum Gasteiger partial charge on any atom is -0.439 e. The summed E-state index contributed by atoms with van der Waals surface area (Å²) in [6.07, 6.45) is 4.96. The Kier molecular flexibility index (Phi) is 2.71. The largest absolute Gasteiger partial charge is 0.439 e. The Morgan fingerprint density at radius 1 is 1.00 bits per heavy atom. The van der Waals surface area contributed by atoms with Gasteiger partial charge in [-0.15, -0.1) is 0 Å². The summed E-state index contributed by atoms with van der Waals surface area (Å²) in [5.74, 6) is 1.89. The summed E-state index contributed by atoms with van der Waals surface area (Å²) in [6, 6.07) is 13.1. The van der Waals surface area contributed by atoms with Crippen LogP contribution in [0.4, 0.5) is 0 Å². The molecule has 3 rings (SSSR count). The molecule has 2 heterocycles. The van der Waals surface area contributed by atoms with Crippen molar-refractivity contribution in [3.05, 3.63) is 61.2 Å². The van der Waals surface area contributed by atoms with Crippen LogP contribution >= 0.6 is 0 Å². The first-order valence-electron chi connectivity index (χ1n) is 5.47. The zero-order chi connectivity index (χ0) is 12.2. The van der Waals surface area contributed by atoms with Crippen molar-refractivity contribution in [3.63, 3.8) is 0 Å². The molecule has 0 aliphatic carbocycles. The van der Waals surface area contributed by atoms with E-state index in [4.69, 9.17) is 4.74 Å². The highest BCUT2D eigenvalue weighted by molar-refractivity contribution is 5.30. The fourth-order valence-electron chi connectivity index (χ4n) is 1.52. The van der Waals surface area contributed by atoms with Gasteiger partial charge in [0.05, 0.1) is 0 Å². The molecule has 0 aliphatic heterocycles. The second-order valence-corrected chi connectivity index (χ2v) is 3.58. The summed E-state index contributed by atoms with van der Waals surface area (Å²) in [5, 5.41) is 4.11. The van der Waals surface area contributed by atoms with Crippen molar-refractivity contribution in [1.29, 1.82) is 0 Å². The van der Waals surface area contributed by atoms with Gasteiger partial charge in [-0.3, -0.25) is 0 Å². The molecule has 0 fully saturated rings. The molecule has 0 saturated carbocycles. The predicted octanol–water partition coefficient (Wildman–Crippen LogP) is 2.45. The Hall–Kier alpha value is -2.69. The fourth-order valence-corrected chi connectivity index (χ4v) is 1.52. The van der Waals surface area contributed by atoms with Crippen molar-refractivity contribution in [1.82, 2.24) is 19.7 Å². The highest BCUT2D eigenvalue weighted by Gasteiger charge is 2.02. The Balaban J connectivity index is 1.88. The van der Waals surface area contributed by atoms with Crippen molar-refractivity contribution in [2.24, 2.45) is 0 Å². The molecule has 2 aromatic heterocycles. The van der Waals surface area contributed by atoms with Gasteiger partial charge in [-0.25, -0.2) is 14.6 Å². The van der Waals surface area contributed by atoms with E-state index in [0.29, 0.717) is 11.7 Å². The van der Waals surface area contributed by atoms with E-state index in [2.05, 4.69) is 15.1 Å². The SMILES string of the molecule is c1ccc(Oc2cc(-n3cccn3)ncn2)cc1. The Labute approximate surface area is 104 Å². The summed E-state index contributed by atoms with van der Waals surface area (Å²) in [7, 11) is 0. The number of hydrogen-bond donors (Lipinski definition) is 0. The number of rotatable bonds is 3. The molecule has 5 nitrogen and oxygen atoms in total. The van der Waals surface area contributed by atoms with E-state index < -0.39 is 0 Å². The zero-order valence-electron chi connectivity index (χ0n) is 9.47. The van der Waals surface area contributed by atoms with E-state index >= 15 is 0 Å². The Bertz CT molecular complexity index is 623. The van der Waals surface area contributed by atoms with Gasteiger partial charge in [0, 0.05) is 18.5 Å². The van der Waals surface area contributed by atoms with Gasteiger partial charge >= 0.3 is 0 Å². The third-order valence-corrected chi connectivity index (χ3v) is 2.33. The molecule has 0 radical (unpaired) electrons. The van der Waals surface area contributed by atoms with Crippen LogP contribution in [0.25, 0.3) is 5.82 Å². The summed E-state index contributed by atoms with van der Waals surface area (Å²) in [6.45, 7) is 0. The first-order valence-corrected chi connectivity index (χ1v) is 5.47. The Morgan fingerprint density at radius 3 is 2.67 bits per heavy atom. The monoisotopic (exact) mass is 238 g/mol. The lowest BCUT2D eigenvalue weighted by molar-refractivity contribution is 0.460. The molecule has 88 valence electrons. The third kappa shape index (κ3) is 2.20. The van der Waals surface area contributed by atoms with Gasteiger partial charge in [0.15, 0.2) is 5.82 Å². The minimum absolute atomic E-state index is 0.488. The van der Waals surface area contributed by atoms with Crippen LogP contribution in [-0.4, -0.2) is 19.7 Å². The maximum Gasteiger partial charge on any atom is 0.224 e. The number of benzene rings is 1. The molecule has 0 N–H and O–H groups in total. The van der Waals surface area contributed by atoms with Crippen LogP contribution in [0.15, 0.2) is 61.2 Å². The summed E-state index contributed by atoms with van der Waals surface area (Å²) < 4.78 is 7.28. The molecule has 0 unspecified atom stereocenters. The van der Waals surface area contributed by atoms with Crippen molar-refractivity contribution in [2.75, 3.05) is 0 Å². The smallest absolute Gasteiger partial charge is 0.224 e. The number of aromatic nitrogens is 4. The summed E-state index contributed by atoms with van der Waals surface area (Å²) >= 11 is 0. The molecule has 5 heteroatoms. The van der Waals surface area contributed by atoms with Crippen molar-refractivity contribution < 1.29 is 4.74 Å². The lowest BCUT2D eigenvalue weighted by atomic mass is 10.3. The van der Waals surface area contributed by atoms with Gasteiger partial charge in [0.25, 0.3) is 0 Å². The number of ether oxygens (including phenoxy) is 1. The van der Waals surface area contributed by atoms with E-state index in [1.807, 2.05) is 42.6 Å². The maximum atomic E-state index is 5.62. The highest BCUT2D eigenvalue weighted by atomic mass is 16.5. The summed E-state index contributed by atoms with van der Waals surface area (Å²) in [4.78, 5) is 8.20. The van der Waals surface area contributed by atoms with Crippen LogP contribution in [-0.2, 0) is 0 Å². The normalized spacial score (nSPS) is 10.2. The number of para-hydroxylation sites is 1. The second-order valence-electron chi connectivity index (χ2n) is 3.58. The molecule has 0 aliphatic rings. The second kappa shape index (κ2) is 4.67. The molecule has 18 heavy (non-hydrogen) atoms. The minimum atomic E-state index is 0.488. The van der Waals surface area contributed by atoms with Crippen LogP contribution in [0.3, 0.4) is 0 Å². The molecular formula is C13H10N4O. The van der Waals surface area contributed by atoms with Crippen molar-refractivity contribution in [2.45, 2.75) is 0 Å². The van der Waals surface area contributed by atoms with Crippen LogP contribution in [0.2, 0.25) is 0 Å². The standard InChI is InChI=1S/C13H10N4O/c1-2-5-11(6-3-1)18-13-9-12(14-10-15-13)17-8-4-7-16-17/h1-10H. The van der Waals surface area contributed by atoms with Gasteiger partial charge in [-0.2, -0.15) is 5.10 Å². The van der Waals surface area contributed by atoms with E-state index in [9.17, 15) is 0 Å². The number of hydrogen-bond acceptors (Lipinski definition) is 4. The number of nitrogens with zero attached hydrogens (tertiary/aromatic N) is 4. The zero-order valence-corrected chi connectivity index (χ0v) is 9.47. The molecule has 0 bridgehead atoms. The average Bonchev–Trinajstić information content (AvgIpc) is 2.94. The molecule has 3 aromatic rings. The molecule has 0 atom stereocenters. The maximum absolute atomic E-state index is 5.62. The van der Waals surface area contributed by atoms with E-state index in [1.165, 1.54) is 6.33 Å². The van der Waals surface area contributed by atoms with E-state index in [1.54, 1.807) is 16.9 Å². The fraction of sp³-hybridized carbons (Fsp3) is 0. The van der Waals surface area contributed by atoms with Crippen LogP contribution < -0.4 is 4.74 Å². The topological polar surface area (TPSA) is 52.8 Å². The van der Waals surface area contributed by atoms with Crippen molar-refractivity contribution >= 4 is 0 Å². The van der Waals surface area contributed by atoms with E-state index in [0.717, 1.165) is 5.75 Å². The lowest BCUT2D eigenvalue weighted by Crippen LogP contribution is -1.99. The lowest BCUT2D eigenvalue weighted by Gasteiger charge is -2.05. The van der Waals surface area contributed by atoms with Crippen LogP contribution in [0.5, 0.6) is 11.6 Å². The highest BCUT2D eigenvalue weighted by Crippen LogP contribution is 2.19. The Morgan fingerprint density at radius 2 is 1.89 bits per heavy atom. The summed E-state index contributed by atoms with van der Waals surface area (Å²) in [5.41, 5.74) is 0. The van der Waals surface area contributed by atoms with E-state index in [-0.39, 0.29) is 0 Å². The first kappa shape index (κ1) is 10.5. The van der Waals surface area contributed by atoms with Gasteiger partial charge in [-0.1, -0.05) is 18.2 Å². The van der Waals surface area contributed by atoms with Gasteiger partial charge in [0.1, 0.15) is 12.1 Å². The molecule has 0 spiro atoms. The van der Waals surface area contributed by atoms with Crippen LogP contribution in [0.1, 0.15) is 0 Å². The molecule has 0 saturated heterocycles. The average molecular weight is 238 g/mol. The molecular weight excluding hydrogens is 228 g/mol. The van der Waals surface area contributed by atoms with Gasteiger partial charge in [0.2, 0.25) is 5.88 Å². The molecule has 0 amide bonds. The first-order chi connectivity index (χ1) is 8.92. The third-order valence-electron chi connectivity index (χ3n) is 2.33. The molecule has 1 aromatic carbocycles. The van der Waals surface area contributed by atoms with Crippen molar-refractivity contribution in [3.8, 4) is 17.4 Å². The van der Waals surface area contributed by atoms with Gasteiger partial charge in [-0.05, 0) is 18.2 Å². The van der Waals surface area contributed by atoms with Crippen LogP contribution in [0, 0.1) is 0 Å². The quantitative estimate of drug-likeness (QED) is 0.703. The van der Waals surface area contributed by atoms with Gasteiger partial charge < -0.3 is 4.74 Å².